The van der Waals surface area contributed by atoms with Crippen molar-refractivity contribution in [1.29, 1.82) is 0 Å². The van der Waals surface area contributed by atoms with E-state index in [-0.39, 0.29) is 5.82 Å². The van der Waals surface area contributed by atoms with Crippen LogP contribution in [0.4, 0.5) is 10.1 Å². The van der Waals surface area contributed by atoms with Crippen molar-refractivity contribution in [1.82, 2.24) is 9.78 Å². The zero-order valence-corrected chi connectivity index (χ0v) is 9.28. The number of rotatable bonds is 4. The predicted octanol–water partition coefficient (Wildman–Crippen LogP) is 2.79. The molecule has 0 aliphatic rings. The highest BCUT2D eigenvalue weighted by Crippen LogP contribution is 2.18. The van der Waals surface area contributed by atoms with Crippen molar-refractivity contribution in [2.24, 2.45) is 0 Å². The number of nitrogens with zero attached hydrogens (tertiary/aromatic N) is 2. The molecule has 1 heterocycles. The van der Waals surface area contributed by atoms with Crippen molar-refractivity contribution in [2.75, 3.05) is 11.9 Å². The fraction of sp³-hybridized carbons (Fsp3) is 0.182. The van der Waals surface area contributed by atoms with E-state index in [2.05, 4.69) is 10.4 Å². The summed E-state index contributed by atoms with van der Waals surface area (Å²) in [5.41, 5.74) is 0.455. The Balaban J connectivity index is 1.90. The first-order valence-corrected chi connectivity index (χ1v) is 5.30. The van der Waals surface area contributed by atoms with E-state index in [1.54, 1.807) is 23.0 Å². The van der Waals surface area contributed by atoms with Gasteiger partial charge in [-0.15, -0.1) is 0 Å². The molecule has 1 aromatic heterocycles. The van der Waals surface area contributed by atoms with Crippen molar-refractivity contribution in [2.45, 2.75) is 6.54 Å². The van der Waals surface area contributed by atoms with E-state index >= 15 is 0 Å². The second kappa shape index (κ2) is 4.99. The lowest BCUT2D eigenvalue weighted by atomic mass is 10.3. The van der Waals surface area contributed by atoms with Crippen LogP contribution in [-0.2, 0) is 6.54 Å². The van der Waals surface area contributed by atoms with Crippen LogP contribution in [0.5, 0.6) is 0 Å². The molecule has 84 valence electrons. The van der Waals surface area contributed by atoms with Gasteiger partial charge in [-0.1, -0.05) is 11.6 Å². The van der Waals surface area contributed by atoms with Gasteiger partial charge in [0.1, 0.15) is 5.82 Å². The van der Waals surface area contributed by atoms with E-state index in [1.165, 1.54) is 6.07 Å². The molecule has 1 aromatic carbocycles. The molecule has 0 saturated heterocycles. The number of anilines is 1. The highest BCUT2D eigenvalue weighted by atomic mass is 35.5. The number of nitrogens with one attached hydrogen (secondary N) is 1. The predicted molar refractivity (Wildman–Crippen MR) is 62.1 cm³/mol. The third-order valence-corrected chi connectivity index (χ3v) is 2.38. The van der Waals surface area contributed by atoms with Gasteiger partial charge in [0, 0.05) is 24.0 Å². The van der Waals surface area contributed by atoms with Gasteiger partial charge in [-0.05, 0) is 24.3 Å². The largest absolute Gasteiger partial charge is 0.381 e. The number of aromatic nitrogens is 2. The fourth-order valence-corrected chi connectivity index (χ4v) is 1.53. The molecule has 0 aliphatic carbocycles. The standard InChI is InChI=1S/C11H11ClFN3/c12-9-2-3-11(10(13)8-9)14-5-7-16-6-1-4-15-16/h1-4,6,8,14H,5,7H2. The SMILES string of the molecule is Fc1cc(Cl)ccc1NCCn1cccn1. The minimum absolute atomic E-state index is 0.340. The van der Waals surface area contributed by atoms with Crippen LogP contribution >= 0.6 is 11.6 Å². The Morgan fingerprint density at radius 3 is 3.00 bits per heavy atom. The topological polar surface area (TPSA) is 29.9 Å². The van der Waals surface area contributed by atoms with E-state index in [0.717, 1.165) is 0 Å². The molecule has 0 fully saturated rings. The Morgan fingerprint density at radius 2 is 2.31 bits per heavy atom. The molecule has 0 amide bonds. The van der Waals surface area contributed by atoms with E-state index in [0.29, 0.717) is 23.8 Å². The summed E-state index contributed by atoms with van der Waals surface area (Å²) in [5.74, 6) is -0.340. The summed E-state index contributed by atoms with van der Waals surface area (Å²) in [5, 5.41) is 7.43. The minimum Gasteiger partial charge on any atom is -0.381 e. The summed E-state index contributed by atoms with van der Waals surface area (Å²) in [4.78, 5) is 0. The van der Waals surface area contributed by atoms with Gasteiger partial charge in [-0.2, -0.15) is 5.10 Å². The summed E-state index contributed by atoms with van der Waals surface area (Å²) < 4.78 is 15.1. The van der Waals surface area contributed by atoms with Crippen LogP contribution in [0.1, 0.15) is 0 Å². The van der Waals surface area contributed by atoms with Crippen molar-refractivity contribution in [3.63, 3.8) is 0 Å². The van der Waals surface area contributed by atoms with Crippen LogP contribution in [-0.4, -0.2) is 16.3 Å². The average Bonchev–Trinajstić information content (AvgIpc) is 2.74. The van der Waals surface area contributed by atoms with E-state index < -0.39 is 0 Å². The molecule has 3 nitrogen and oxygen atoms in total. The minimum atomic E-state index is -0.340. The van der Waals surface area contributed by atoms with Crippen molar-refractivity contribution in [3.8, 4) is 0 Å². The van der Waals surface area contributed by atoms with E-state index in [9.17, 15) is 4.39 Å². The normalized spacial score (nSPS) is 10.4. The first kappa shape index (κ1) is 11.0. The highest BCUT2D eigenvalue weighted by Gasteiger charge is 2.01. The molecule has 16 heavy (non-hydrogen) atoms. The van der Waals surface area contributed by atoms with Crippen LogP contribution in [0.2, 0.25) is 5.02 Å². The summed E-state index contributed by atoms with van der Waals surface area (Å²) >= 11 is 5.65. The lowest BCUT2D eigenvalue weighted by Crippen LogP contribution is -2.11. The zero-order valence-electron chi connectivity index (χ0n) is 8.53. The summed E-state index contributed by atoms with van der Waals surface area (Å²) in [6.07, 6.45) is 3.57. The second-order valence-electron chi connectivity index (χ2n) is 3.32. The van der Waals surface area contributed by atoms with Gasteiger partial charge < -0.3 is 5.32 Å². The number of hydrogen-bond acceptors (Lipinski definition) is 2. The molecule has 2 rings (SSSR count). The quantitative estimate of drug-likeness (QED) is 0.889. The highest BCUT2D eigenvalue weighted by molar-refractivity contribution is 6.30. The van der Waals surface area contributed by atoms with Crippen LogP contribution in [0.15, 0.2) is 36.7 Å². The summed E-state index contributed by atoms with van der Waals surface area (Å²) in [7, 11) is 0. The first-order chi connectivity index (χ1) is 7.75. The van der Waals surface area contributed by atoms with Crippen LogP contribution < -0.4 is 5.32 Å². The van der Waals surface area contributed by atoms with Gasteiger partial charge in [0.05, 0.1) is 12.2 Å². The van der Waals surface area contributed by atoms with Crippen molar-refractivity contribution in [3.05, 3.63) is 47.5 Å². The van der Waals surface area contributed by atoms with Gasteiger partial charge in [0.25, 0.3) is 0 Å². The van der Waals surface area contributed by atoms with Crippen LogP contribution in [0, 0.1) is 5.82 Å². The van der Waals surface area contributed by atoms with Crippen molar-refractivity contribution < 1.29 is 4.39 Å². The van der Waals surface area contributed by atoms with Gasteiger partial charge in [-0.25, -0.2) is 4.39 Å². The van der Waals surface area contributed by atoms with E-state index in [1.807, 2.05) is 12.3 Å². The maximum atomic E-state index is 13.3. The summed E-state index contributed by atoms with van der Waals surface area (Å²) in [6, 6.07) is 6.42. The number of hydrogen-bond donors (Lipinski definition) is 1. The maximum absolute atomic E-state index is 13.3. The third kappa shape index (κ3) is 2.73. The molecule has 0 radical (unpaired) electrons. The van der Waals surface area contributed by atoms with E-state index in [4.69, 9.17) is 11.6 Å². The van der Waals surface area contributed by atoms with Gasteiger partial charge in [-0.3, -0.25) is 4.68 Å². The molecule has 0 saturated carbocycles. The van der Waals surface area contributed by atoms with Gasteiger partial charge in [0.2, 0.25) is 0 Å². The Bertz CT molecular complexity index is 456. The number of halogens is 2. The molecule has 0 unspecified atom stereocenters. The summed E-state index contributed by atoms with van der Waals surface area (Å²) in [6.45, 7) is 1.30. The Hall–Kier alpha value is -1.55. The molecule has 5 heteroatoms. The molecule has 0 atom stereocenters. The Kier molecular flexibility index (Phi) is 3.41. The third-order valence-electron chi connectivity index (χ3n) is 2.15. The second-order valence-corrected chi connectivity index (χ2v) is 3.76. The maximum Gasteiger partial charge on any atom is 0.147 e. The lowest BCUT2D eigenvalue weighted by Gasteiger charge is -2.07. The average molecular weight is 240 g/mol. The van der Waals surface area contributed by atoms with Crippen LogP contribution in [0.3, 0.4) is 0 Å². The molecular formula is C11H11ClFN3. The molecule has 0 bridgehead atoms. The molecule has 0 spiro atoms. The zero-order chi connectivity index (χ0) is 11.4. The first-order valence-electron chi connectivity index (χ1n) is 4.92. The fourth-order valence-electron chi connectivity index (χ4n) is 1.37. The molecule has 0 aliphatic heterocycles. The Labute approximate surface area is 97.8 Å². The van der Waals surface area contributed by atoms with Gasteiger partial charge in [0.15, 0.2) is 0 Å². The molecule has 2 aromatic rings. The van der Waals surface area contributed by atoms with Gasteiger partial charge >= 0.3 is 0 Å². The molecule has 1 N–H and O–H groups in total. The monoisotopic (exact) mass is 239 g/mol. The van der Waals surface area contributed by atoms with Crippen molar-refractivity contribution >= 4 is 17.3 Å². The van der Waals surface area contributed by atoms with Crippen LogP contribution in [0.25, 0.3) is 0 Å². The smallest absolute Gasteiger partial charge is 0.147 e. The number of benzene rings is 1. The Morgan fingerprint density at radius 1 is 1.44 bits per heavy atom. The lowest BCUT2D eigenvalue weighted by molar-refractivity contribution is 0.618. The molecular weight excluding hydrogens is 229 g/mol.